The number of carbonyl (C=O) groups is 2. The molecular formula is C19H20FNO3S. The molecule has 1 aromatic heterocycles. The number of carbonyl (C=O) groups excluding carboxylic acids is 2. The normalized spacial score (nSPS) is 14.0. The van der Waals surface area contributed by atoms with E-state index in [4.69, 9.17) is 4.74 Å². The lowest BCUT2D eigenvalue weighted by Crippen LogP contribution is -2.28. The van der Waals surface area contributed by atoms with Crippen molar-refractivity contribution in [2.45, 2.75) is 33.1 Å². The van der Waals surface area contributed by atoms with Crippen LogP contribution in [0, 0.1) is 18.7 Å². The number of hydrogen-bond acceptors (Lipinski definition) is 4. The third kappa shape index (κ3) is 3.58. The number of halogens is 1. The Morgan fingerprint density at radius 3 is 2.52 bits per heavy atom. The van der Waals surface area contributed by atoms with Crippen LogP contribution in [0.15, 0.2) is 24.3 Å². The van der Waals surface area contributed by atoms with Crippen LogP contribution in [0.3, 0.4) is 0 Å². The largest absolute Gasteiger partial charge is 0.462 e. The first-order valence-electron chi connectivity index (χ1n) is 8.38. The fourth-order valence-electron chi connectivity index (χ4n) is 2.88. The van der Waals surface area contributed by atoms with Crippen molar-refractivity contribution in [3.8, 4) is 11.1 Å². The van der Waals surface area contributed by atoms with Crippen molar-refractivity contribution in [2.75, 3.05) is 11.9 Å². The Morgan fingerprint density at radius 2 is 1.96 bits per heavy atom. The topological polar surface area (TPSA) is 55.4 Å². The van der Waals surface area contributed by atoms with Crippen LogP contribution in [0.4, 0.5) is 9.39 Å². The highest BCUT2D eigenvalue weighted by molar-refractivity contribution is 7.17. The molecule has 0 aliphatic heterocycles. The number of hydrogen-bond donors (Lipinski definition) is 1. The van der Waals surface area contributed by atoms with Gasteiger partial charge in [0.25, 0.3) is 0 Å². The smallest absolute Gasteiger partial charge is 0.341 e. The number of rotatable bonds is 5. The van der Waals surface area contributed by atoms with E-state index >= 15 is 0 Å². The van der Waals surface area contributed by atoms with Crippen molar-refractivity contribution >= 4 is 28.2 Å². The summed E-state index contributed by atoms with van der Waals surface area (Å²) in [5, 5.41) is 3.41. The SMILES string of the molecule is CCOC(=O)c1c(NC(=O)C2CCC2)sc(C)c1-c1ccc(F)cc1. The van der Waals surface area contributed by atoms with Crippen molar-refractivity contribution in [3.63, 3.8) is 0 Å². The third-order valence-corrected chi connectivity index (χ3v) is 5.43. The van der Waals surface area contributed by atoms with E-state index in [2.05, 4.69) is 5.32 Å². The molecule has 1 N–H and O–H groups in total. The number of esters is 1. The van der Waals surface area contributed by atoms with Gasteiger partial charge in [0, 0.05) is 16.4 Å². The second-order valence-electron chi connectivity index (χ2n) is 6.08. The summed E-state index contributed by atoms with van der Waals surface area (Å²) >= 11 is 1.35. The molecule has 2 aromatic rings. The molecule has 0 radical (unpaired) electrons. The van der Waals surface area contributed by atoms with Gasteiger partial charge in [0.2, 0.25) is 5.91 Å². The Kier molecular flexibility index (Phi) is 5.18. The van der Waals surface area contributed by atoms with Crippen LogP contribution in [-0.4, -0.2) is 18.5 Å². The Bertz CT molecular complexity index is 794. The minimum atomic E-state index is -0.477. The number of aryl methyl sites for hydroxylation is 1. The van der Waals surface area contributed by atoms with E-state index < -0.39 is 5.97 Å². The van der Waals surface area contributed by atoms with Crippen LogP contribution < -0.4 is 5.32 Å². The van der Waals surface area contributed by atoms with E-state index in [0.29, 0.717) is 16.1 Å². The molecule has 0 spiro atoms. The van der Waals surface area contributed by atoms with Crippen molar-refractivity contribution in [3.05, 3.63) is 40.5 Å². The van der Waals surface area contributed by atoms with Crippen LogP contribution in [0.2, 0.25) is 0 Å². The molecule has 1 saturated carbocycles. The predicted molar refractivity (Wildman–Crippen MR) is 96.4 cm³/mol. The maximum atomic E-state index is 13.2. The summed E-state index contributed by atoms with van der Waals surface area (Å²) in [6.07, 6.45) is 2.83. The van der Waals surface area contributed by atoms with Crippen molar-refractivity contribution < 1.29 is 18.7 Å². The molecule has 0 saturated heterocycles. The Labute approximate surface area is 150 Å². The monoisotopic (exact) mass is 361 g/mol. The minimum Gasteiger partial charge on any atom is -0.462 e. The summed E-state index contributed by atoms with van der Waals surface area (Å²) in [5.74, 6) is -0.849. The van der Waals surface area contributed by atoms with Crippen LogP contribution in [0.1, 0.15) is 41.4 Å². The average Bonchev–Trinajstić information content (AvgIpc) is 2.82. The van der Waals surface area contributed by atoms with E-state index in [0.717, 1.165) is 29.7 Å². The van der Waals surface area contributed by atoms with Gasteiger partial charge in [-0.15, -0.1) is 11.3 Å². The van der Waals surface area contributed by atoms with Gasteiger partial charge in [0.1, 0.15) is 16.4 Å². The van der Waals surface area contributed by atoms with Gasteiger partial charge in [0.05, 0.1) is 6.61 Å². The first-order chi connectivity index (χ1) is 12.0. The quantitative estimate of drug-likeness (QED) is 0.780. The molecule has 0 unspecified atom stereocenters. The van der Waals surface area contributed by atoms with E-state index in [1.165, 1.54) is 23.5 Å². The van der Waals surface area contributed by atoms with Crippen LogP contribution in [-0.2, 0) is 9.53 Å². The van der Waals surface area contributed by atoms with Gasteiger partial charge < -0.3 is 10.1 Å². The Hall–Kier alpha value is -2.21. The lowest BCUT2D eigenvalue weighted by Gasteiger charge is -2.23. The second kappa shape index (κ2) is 7.35. The van der Waals surface area contributed by atoms with E-state index in [1.807, 2.05) is 6.92 Å². The van der Waals surface area contributed by atoms with E-state index in [1.54, 1.807) is 19.1 Å². The second-order valence-corrected chi connectivity index (χ2v) is 7.31. The summed E-state index contributed by atoms with van der Waals surface area (Å²) in [6, 6.07) is 5.97. The lowest BCUT2D eigenvalue weighted by molar-refractivity contribution is -0.122. The molecule has 25 heavy (non-hydrogen) atoms. The standard InChI is InChI=1S/C19H20FNO3S/c1-3-24-19(23)16-15(12-7-9-14(20)10-8-12)11(2)25-18(16)21-17(22)13-5-4-6-13/h7-10,13H,3-6H2,1-2H3,(H,21,22). The molecular weight excluding hydrogens is 341 g/mol. The van der Waals surface area contributed by atoms with E-state index in [-0.39, 0.29) is 24.2 Å². The van der Waals surface area contributed by atoms with E-state index in [9.17, 15) is 14.0 Å². The molecule has 1 aromatic carbocycles. The number of nitrogens with one attached hydrogen (secondary N) is 1. The first kappa shape index (κ1) is 17.6. The first-order valence-corrected chi connectivity index (χ1v) is 9.20. The number of amides is 1. The minimum absolute atomic E-state index is 0.0201. The zero-order valence-electron chi connectivity index (χ0n) is 14.2. The predicted octanol–water partition coefficient (Wildman–Crippen LogP) is 4.78. The number of thiophene rings is 1. The molecule has 1 fully saturated rings. The average molecular weight is 361 g/mol. The van der Waals surface area contributed by atoms with Gasteiger partial charge in [-0.3, -0.25) is 4.79 Å². The summed E-state index contributed by atoms with van der Waals surface area (Å²) in [6.45, 7) is 3.86. The number of benzene rings is 1. The van der Waals surface area contributed by atoms with Crippen LogP contribution >= 0.6 is 11.3 Å². The number of anilines is 1. The fourth-order valence-corrected chi connectivity index (χ4v) is 3.95. The maximum Gasteiger partial charge on any atom is 0.341 e. The zero-order chi connectivity index (χ0) is 18.0. The summed E-state index contributed by atoms with van der Waals surface area (Å²) in [4.78, 5) is 25.7. The molecule has 1 aliphatic carbocycles. The summed E-state index contributed by atoms with van der Waals surface area (Å²) < 4.78 is 18.4. The van der Waals surface area contributed by atoms with Gasteiger partial charge >= 0.3 is 5.97 Å². The van der Waals surface area contributed by atoms with Gasteiger partial charge in [-0.25, -0.2) is 9.18 Å². The highest BCUT2D eigenvalue weighted by Gasteiger charge is 2.29. The van der Waals surface area contributed by atoms with Crippen molar-refractivity contribution in [1.82, 2.24) is 0 Å². The van der Waals surface area contributed by atoms with Gasteiger partial charge in [-0.2, -0.15) is 0 Å². The van der Waals surface area contributed by atoms with Crippen molar-refractivity contribution in [2.24, 2.45) is 5.92 Å². The number of ether oxygens (including phenoxy) is 1. The molecule has 0 bridgehead atoms. The fraction of sp³-hybridized carbons (Fsp3) is 0.368. The highest BCUT2D eigenvalue weighted by Crippen LogP contribution is 2.41. The van der Waals surface area contributed by atoms with Gasteiger partial charge in [-0.05, 0) is 44.4 Å². The maximum absolute atomic E-state index is 13.2. The molecule has 1 amide bonds. The third-order valence-electron chi connectivity index (χ3n) is 4.41. The van der Waals surface area contributed by atoms with Crippen molar-refractivity contribution in [1.29, 1.82) is 0 Å². The van der Waals surface area contributed by atoms with Gasteiger partial charge in [0.15, 0.2) is 0 Å². The molecule has 0 atom stereocenters. The Balaban J connectivity index is 2.02. The lowest BCUT2D eigenvalue weighted by atomic mass is 9.85. The highest BCUT2D eigenvalue weighted by atomic mass is 32.1. The zero-order valence-corrected chi connectivity index (χ0v) is 15.0. The molecule has 1 heterocycles. The van der Waals surface area contributed by atoms with Crippen LogP contribution in [0.25, 0.3) is 11.1 Å². The molecule has 132 valence electrons. The Morgan fingerprint density at radius 1 is 1.28 bits per heavy atom. The molecule has 6 heteroatoms. The van der Waals surface area contributed by atoms with Gasteiger partial charge in [-0.1, -0.05) is 18.6 Å². The summed E-state index contributed by atoms with van der Waals surface area (Å²) in [5.41, 5.74) is 1.76. The van der Waals surface area contributed by atoms with Crippen LogP contribution in [0.5, 0.6) is 0 Å². The summed E-state index contributed by atoms with van der Waals surface area (Å²) in [7, 11) is 0. The molecule has 4 nitrogen and oxygen atoms in total. The molecule has 1 aliphatic rings. The molecule has 3 rings (SSSR count).